The summed E-state index contributed by atoms with van der Waals surface area (Å²) in [6, 6.07) is 2.21. The summed E-state index contributed by atoms with van der Waals surface area (Å²) in [5.74, 6) is 0. The smallest absolute Gasteiger partial charge is 0.0679 e. The molecule has 2 rings (SSSR count). The van der Waals surface area contributed by atoms with Crippen molar-refractivity contribution in [3.63, 3.8) is 0 Å². The van der Waals surface area contributed by atoms with Crippen molar-refractivity contribution < 1.29 is 0 Å². The standard InChI is InChI=1S/C11H14BrN/c1-7-6-10(11(12)4-5-11)13-9(3)8(7)2/h6H,4-5H2,1-3H3. The van der Waals surface area contributed by atoms with E-state index >= 15 is 0 Å². The van der Waals surface area contributed by atoms with Crippen molar-refractivity contribution in [1.82, 2.24) is 4.98 Å². The Morgan fingerprint density at radius 2 is 1.92 bits per heavy atom. The van der Waals surface area contributed by atoms with Crippen LogP contribution in [0, 0.1) is 20.8 Å². The Morgan fingerprint density at radius 3 is 2.38 bits per heavy atom. The van der Waals surface area contributed by atoms with Crippen molar-refractivity contribution in [3.8, 4) is 0 Å². The van der Waals surface area contributed by atoms with Crippen molar-refractivity contribution in [2.75, 3.05) is 0 Å². The van der Waals surface area contributed by atoms with Crippen LogP contribution in [0.2, 0.25) is 0 Å². The lowest BCUT2D eigenvalue weighted by molar-refractivity contribution is 0.932. The van der Waals surface area contributed by atoms with Gasteiger partial charge in [-0.2, -0.15) is 0 Å². The first-order valence-electron chi connectivity index (χ1n) is 4.67. The molecule has 1 aromatic rings. The van der Waals surface area contributed by atoms with Crippen molar-refractivity contribution in [3.05, 3.63) is 28.6 Å². The van der Waals surface area contributed by atoms with Crippen molar-refractivity contribution in [1.29, 1.82) is 0 Å². The molecule has 1 aliphatic rings. The SMILES string of the molecule is Cc1cc(C2(Br)CC2)nc(C)c1C. The first-order valence-corrected chi connectivity index (χ1v) is 5.46. The first-order chi connectivity index (χ1) is 6.03. The number of hydrogen-bond acceptors (Lipinski definition) is 1. The fourth-order valence-corrected chi connectivity index (χ4v) is 1.89. The summed E-state index contributed by atoms with van der Waals surface area (Å²) >= 11 is 3.73. The van der Waals surface area contributed by atoms with Crippen molar-refractivity contribution in [2.45, 2.75) is 37.9 Å². The van der Waals surface area contributed by atoms with Crippen LogP contribution in [0.5, 0.6) is 0 Å². The van der Waals surface area contributed by atoms with Gasteiger partial charge in [-0.3, -0.25) is 4.98 Å². The number of pyridine rings is 1. The van der Waals surface area contributed by atoms with Gasteiger partial charge in [0.2, 0.25) is 0 Å². The van der Waals surface area contributed by atoms with Gasteiger partial charge in [0.15, 0.2) is 0 Å². The van der Waals surface area contributed by atoms with Gasteiger partial charge in [0, 0.05) is 5.69 Å². The molecule has 2 heteroatoms. The predicted molar refractivity (Wildman–Crippen MR) is 58.3 cm³/mol. The van der Waals surface area contributed by atoms with E-state index < -0.39 is 0 Å². The van der Waals surface area contributed by atoms with E-state index in [2.05, 4.69) is 47.8 Å². The molecule has 0 aliphatic heterocycles. The lowest BCUT2D eigenvalue weighted by Gasteiger charge is -2.11. The number of hydrogen-bond donors (Lipinski definition) is 0. The molecule has 0 aromatic carbocycles. The summed E-state index contributed by atoms with van der Waals surface area (Å²) in [4.78, 5) is 4.62. The molecule has 1 heterocycles. The highest BCUT2D eigenvalue weighted by Gasteiger charge is 2.43. The van der Waals surface area contributed by atoms with E-state index in [-0.39, 0.29) is 4.32 Å². The summed E-state index contributed by atoms with van der Waals surface area (Å²) in [7, 11) is 0. The van der Waals surface area contributed by atoms with E-state index in [1.165, 1.54) is 35.4 Å². The molecule has 0 N–H and O–H groups in total. The molecule has 13 heavy (non-hydrogen) atoms. The van der Waals surface area contributed by atoms with E-state index in [1.54, 1.807) is 0 Å². The molecule has 0 saturated heterocycles. The van der Waals surface area contributed by atoms with Gasteiger partial charge in [-0.05, 0) is 50.8 Å². The molecule has 1 aliphatic carbocycles. The van der Waals surface area contributed by atoms with Crippen LogP contribution in [0.3, 0.4) is 0 Å². The van der Waals surface area contributed by atoms with Gasteiger partial charge in [-0.1, -0.05) is 15.9 Å². The molecule has 0 bridgehead atoms. The molecule has 0 unspecified atom stereocenters. The second-order valence-corrected chi connectivity index (χ2v) is 5.52. The van der Waals surface area contributed by atoms with Gasteiger partial charge in [0.25, 0.3) is 0 Å². The lowest BCUT2D eigenvalue weighted by Crippen LogP contribution is -2.03. The molecule has 0 spiro atoms. The van der Waals surface area contributed by atoms with Crippen molar-refractivity contribution >= 4 is 15.9 Å². The summed E-state index contributed by atoms with van der Waals surface area (Å²) in [6.45, 7) is 6.38. The van der Waals surface area contributed by atoms with Crippen LogP contribution in [-0.4, -0.2) is 4.98 Å². The topological polar surface area (TPSA) is 12.9 Å². The summed E-state index contributed by atoms with van der Waals surface area (Å²) in [5.41, 5.74) is 5.06. The summed E-state index contributed by atoms with van der Waals surface area (Å²) in [6.07, 6.45) is 2.45. The summed E-state index contributed by atoms with van der Waals surface area (Å²) < 4.78 is 0.218. The Labute approximate surface area is 87.7 Å². The van der Waals surface area contributed by atoms with E-state index in [1.807, 2.05) is 0 Å². The minimum absolute atomic E-state index is 0.218. The third kappa shape index (κ3) is 1.52. The molecule has 1 fully saturated rings. The second-order valence-electron chi connectivity index (χ2n) is 4.00. The minimum atomic E-state index is 0.218. The minimum Gasteiger partial charge on any atom is -0.256 e. The normalized spacial score (nSPS) is 18.8. The van der Waals surface area contributed by atoms with Crippen LogP contribution >= 0.6 is 15.9 Å². The van der Waals surface area contributed by atoms with Gasteiger partial charge < -0.3 is 0 Å². The number of aryl methyl sites for hydroxylation is 2. The van der Waals surface area contributed by atoms with E-state index in [4.69, 9.17) is 0 Å². The third-order valence-corrected chi connectivity index (χ3v) is 4.12. The number of aromatic nitrogens is 1. The maximum absolute atomic E-state index is 4.62. The Bertz CT molecular complexity index is 330. The van der Waals surface area contributed by atoms with Gasteiger partial charge in [0.1, 0.15) is 0 Å². The van der Waals surface area contributed by atoms with E-state index in [9.17, 15) is 0 Å². The second kappa shape index (κ2) is 2.81. The lowest BCUT2D eigenvalue weighted by atomic mass is 10.1. The zero-order valence-electron chi connectivity index (χ0n) is 8.32. The predicted octanol–water partition coefficient (Wildman–Crippen LogP) is 3.39. The highest BCUT2D eigenvalue weighted by atomic mass is 79.9. The number of nitrogens with zero attached hydrogens (tertiary/aromatic N) is 1. The molecular formula is C11H14BrN. The quantitative estimate of drug-likeness (QED) is 0.685. The van der Waals surface area contributed by atoms with Crippen LogP contribution in [0.15, 0.2) is 6.07 Å². The molecule has 1 saturated carbocycles. The highest BCUT2D eigenvalue weighted by molar-refractivity contribution is 9.09. The molecule has 1 nitrogen and oxygen atoms in total. The highest BCUT2D eigenvalue weighted by Crippen LogP contribution is 2.53. The molecule has 0 amide bonds. The zero-order valence-corrected chi connectivity index (χ0v) is 9.90. The summed E-state index contributed by atoms with van der Waals surface area (Å²) in [5, 5.41) is 0. The largest absolute Gasteiger partial charge is 0.256 e. The maximum Gasteiger partial charge on any atom is 0.0679 e. The molecule has 70 valence electrons. The Kier molecular flexibility index (Phi) is 1.99. The maximum atomic E-state index is 4.62. The average Bonchev–Trinajstić information content (AvgIpc) is 2.80. The fraction of sp³-hybridized carbons (Fsp3) is 0.545. The van der Waals surface area contributed by atoms with E-state index in [0.717, 1.165) is 0 Å². The van der Waals surface area contributed by atoms with Crippen LogP contribution in [-0.2, 0) is 4.32 Å². The molecule has 1 aromatic heterocycles. The van der Waals surface area contributed by atoms with Crippen molar-refractivity contribution in [2.24, 2.45) is 0 Å². The van der Waals surface area contributed by atoms with Gasteiger partial charge >= 0.3 is 0 Å². The monoisotopic (exact) mass is 239 g/mol. The Balaban J connectivity index is 2.50. The molecule has 0 radical (unpaired) electrons. The third-order valence-electron chi connectivity index (χ3n) is 2.92. The van der Waals surface area contributed by atoms with Gasteiger partial charge in [-0.15, -0.1) is 0 Å². The van der Waals surface area contributed by atoms with Crippen LogP contribution < -0.4 is 0 Å². The first kappa shape index (κ1) is 9.20. The van der Waals surface area contributed by atoms with Crippen LogP contribution in [0.4, 0.5) is 0 Å². The van der Waals surface area contributed by atoms with Gasteiger partial charge in [0.05, 0.1) is 10.0 Å². The average molecular weight is 240 g/mol. The van der Waals surface area contributed by atoms with E-state index in [0.29, 0.717) is 0 Å². The number of alkyl halides is 1. The van der Waals surface area contributed by atoms with Crippen LogP contribution in [0.25, 0.3) is 0 Å². The fourth-order valence-electron chi connectivity index (χ4n) is 1.49. The van der Waals surface area contributed by atoms with Crippen LogP contribution in [0.1, 0.15) is 35.4 Å². The zero-order chi connectivity index (χ0) is 9.64. The van der Waals surface area contributed by atoms with Gasteiger partial charge in [-0.25, -0.2) is 0 Å². The number of rotatable bonds is 1. The Hall–Kier alpha value is -0.370. The number of halogens is 1. The molecule has 0 atom stereocenters. The Morgan fingerprint density at radius 1 is 1.31 bits per heavy atom. The molecular weight excluding hydrogens is 226 g/mol.